The number of hydrogen-bond donors (Lipinski definition) is 4. The van der Waals surface area contributed by atoms with E-state index >= 15 is 0 Å². The van der Waals surface area contributed by atoms with Crippen LogP contribution in [0.2, 0.25) is 0 Å². The van der Waals surface area contributed by atoms with E-state index < -0.39 is 16.1 Å². The molecule has 0 saturated carbocycles. The Morgan fingerprint density at radius 2 is 1.88 bits per heavy atom. The average Bonchev–Trinajstić information content (AvgIpc) is 2.25. The van der Waals surface area contributed by atoms with Crippen molar-refractivity contribution >= 4 is 15.7 Å². The molecular weight excluding hydrogens is 232 g/mol. The third-order valence-electron chi connectivity index (χ3n) is 1.94. The van der Waals surface area contributed by atoms with Crippen LogP contribution in [0.3, 0.4) is 0 Å². The number of hydrogen-bond acceptors (Lipinski definition) is 5. The molecule has 16 heavy (non-hydrogen) atoms. The first kappa shape index (κ1) is 12.9. The van der Waals surface area contributed by atoms with E-state index in [4.69, 9.17) is 15.4 Å². The van der Waals surface area contributed by atoms with Gasteiger partial charge in [-0.2, -0.15) is 0 Å². The van der Waals surface area contributed by atoms with Gasteiger partial charge in [0.2, 0.25) is 10.0 Å². The van der Waals surface area contributed by atoms with E-state index in [1.807, 2.05) is 0 Å². The van der Waals surface area contributed by atoms with Crippen molar-refractivity contribution in [2.45, 2.75) is 11.0 Å². The third kappa shape index (κ3) is 3.78. The first-order valence-corrected chi connectivity index (χ1v) is 6.14. The second-order valence-corrected chi connectivity index (χ2v) is 4.85. The largest absolute Gasteiger partial charge is 0.394 e. The Hall–Kier alpha value is -1.15. The summed E-state index contributed by atoms with van der Waals surface area (Å²) in [7, 11) is -3.67. The van der Waals surface area contributed by atoms with Crippen LogP contribution in [0.5, 0.6) is 0 Å². The van der Waals surface area contributed by atoms with Crippen LogP contribution in [0.1, 0.15) is 0 Å². The highest BCUT2D eigenvalue weighted by atomic mass is 32.2. The maximum Gasteiger partial charge on any atom is 0.238 e. The van der Waals surface area contributed by atoms with Crippen molar-refractivity contribution < 1.29 is 18.6 Å². The fourth-order valence-electron chi connectivity index (χ4n) is 1.06. The van der Waals surface area contributed by atoms with Crippen molar-refractivity contribution in [1.82, 2.24) is 0 Å². The highest BCUT2D eigenvalue weighted by Crippen LogP contribution is 2.12. The zero-order valence-corrected chi connectivity index (χ0v) is 9.31. The zero-order valence-electron chi connectivity index (χ0n) is 8.50. The Morgan fingerprint density at radius 1 is 1.31 bits per heavy atom. The number of nitrogens with one attached hydrogen (secondary N) is 1. The molecule has 90 valence electrons. The van der Waals surface area contributed by atoms with Crippen LogP contribution in [0.25, 0.3) is 0 Å². The molecule has 1 rings (SSSR count). The van der Waals surface area contributed by atoms with Gasteiger partial charge >= 0.3 is 0 Å². The van der Waals surface area contributed by atoms with Gasteiger partial charge in [0.05, 0.1) is 17.6 Å². The number of anilines is 1. The highest BCUT2D eigenvalue weighted by molar-refractivity contribution is 7.89. The number of primary sulfonamides is 1. The quantitative estimate of drug-likeness (QED) is 0.538. The lowest BCUT2D eigenvalue weighted by Gasteiger charge is -2.10. The first-order chi connectivity index (χ1) is 7.43. The topological polar surface area (TPSA) is 113 Å². The van der Waals surface area contributed by atoms with Gasteiger partial charge in [-0.3, -0.25) is 0 Å². The van der Waals surface area contributed by atoms with Crippen molar-refractivity contribution in [3.63, 3.8) is 0 Å². The van der Waals surface area contributed by atoms with Crippen molar-refractivity contribution in [2.75, 3.05) is 18.5 Å². The lowest BCUT2D eigenvalue weighted by molar-refractivity contribution is 0.105. The molecule has 0 aliphatic carbocycles. The Balaban J connectivity index is 2.66. The summed E-state index contributed by atoms with van der Waals surface area (Å²) in [5, 5.41) is 25.4. The fourth-order valence-corrected chi connectivity index (χ4v) is 1.58. The molecule has 0 heterocycles. The predicted octanol–water partition coefficient (Wildman–Crippen LogP) is -0.901. The smallest absolute Gasteiger partial charge is 0.238 e. The number of aliphatic hydroxyl groups is 2. The summed E-state index contributed by atoms with van der Waals surface area (Å²) in [6, 6.07) is 5.79. The SMILES string of the molecule is NS(=O)(=O)c1ccc(NC[C@H](O)CO)cc1. The Kier molecular flexibility index (Phi) is 4.25. The highest BCUT2D eigenvalue weighted by Gasteiger charge is 2.07. The second-order valence-electron chi connectivity index (χ2n) is 3.29. The molecule has 0 saturated heterocycles. The summed E-state index contributed by atoms with van der Waals surface area (Å²) >= 11 is 0. The Morgan fingerprint density at radius 3 is 2.31 bits per heavy atom. The summed E-state index contributed by atoms with van der Waals surface area (Å²) < 4.78 is 21.9. The Labute approximate surface area is 93.8 Å². The van der Waals surface area contributed by atoms with Crippen LogP contribution in [-0.4, -0.2) is 37.9 Å². The number of sulfonamides is 1. The van der Waals surface area contributed by atoms with Crippen LogP contribution < -0.4 is 10.5 Å². The van der Waals surface area contributed by atoms with Gasteiger partial charge in [0, 0.05) is 12.2 Å². The molecule has 1 atom stereocenters. The first-order valence-electron chi connectivity index (χ1n) is 4.59. The van der Waals surface area contributed by atoms with Crippen LogP contribution in [-0.2, 0) is 10.0 Å². The maximum atomic E-state index is 10.9. The minimum Gasteiger partial charge on any atom is -0.394 e. The molecule has 0 aromatic heterocycles. The molecule has 0 aliphatic rings. The van der Waals surface area contributed by atoms with Crippen molar-refractivity contribution in [3.8, 4) is 0 Å². The van der Waals surface area contributed by atoms with E-state index in [1.54, 1.807) is 0 Å². The van der Waals surface area contributed by atoms with E-state index in [-0.39, 0.29) is 18.0 Å². The van der Waals surface area contributed by atoms with Gasteiger partial charge in [0.25, 0.3) is 0 Å². The van der Waals surface area contributed by atoms with Crippen LogP contribution in [0.15, 0.2) is 29.2 Å². The summed E-state index contributed by atoms with van der Waals surface area (Å²) in [6.45, 7) is -0.145. The van der Waals surface area contributed by atoms with Gasteiger partial charge in [-0.1, -0.05) is 0 Å². The van der Waals surface area contributed by atoms with E-state index in [0.29, 0.717) is 5.69 Å². The molecule has 1 aromatic rings. The molecule has 6 nitrogen and oxygen atoms in total. The maximum absolute atomic E-state index is 10.9. The number of aliphatic hydroxyl groups excluding tert-OH is 2. The minimum atomic E-state index is -3.67. The van der Waals surface area contributed by atoms with Crippen LogP contribution >= 0.6 is 0 Å². The minimum absolute atomic E-state index is 0.0285. The summed E-state index contributed by atoms with van der Waals surface area (Å²) in [4.78, 5) is 0.0285. The molecular formula is C9H14N2O4S. The normalized spacial score (nSPS) is 13.4. The fraction of sp³-hybridized carbons (Fsp3) is 0.333. The van der Waals surface area contributed by atoms with Crippen molar-refractivity contribution in [1.29, 1.82) is 0 Å². The average molecular weight is 246 g/mol. The molecule has 0 amide bonds. The van der Waals surface area contributed by atoms with Crippen LogP contribution in [0, 0.1) is 0 Å². The van der Waals surface area contributed by atoms with Crippen molar-refractivity contribution in [3.05, 3.63) is 24.3 Å². The Bertz CT molecular complexity index is 429. The summed E-state index contributed by atoms with van der Waals surface area (Å²) in [5.74, 6) is 0. The standard InChI is InChI=1S/C9H14N2O4S/c10-16(14,15)9-3-1-7(2-4-9)11-5-8(13)6-12/h1-4,8,11-13H,5-6H2,(H2,10,14,15)/t8-/m0/s1. The van der Waals surface area contributed by atoms with Gasteiger partial charge in [0.15, 0.2) is 0 Å². The molecule has 7 heteroatoms. The van der Waals surface area contributed by atoms with E-state index in [1.165, 1.54) is 24.3 Å². The van der Waals surface area contributed by atoms with Gasteiger partial charge in [0.1, 0.15) is 0 Å². The predicted molar refractivity (Wildman–Crippen MR) is 59.4 cm³/mol. The lowest BCUT2D eigenvalue weighted by Crippen LogP contribution is -2.22. The van der Waals surface area contributed by atoms with Crippen molar-refractivity contribution in [2.24, 2.45) is 5.14 Å². The van der Waals surface area contributed by atoms with Gasteiger partial charge in [-0.25, -0.2) is 13.6 Å². The number of nitrogens with two attached hydrogens (primary N) is 1. The molecule has 0 bridgehead atoms. The number of rotatable bonds is 5. The third-order valence-corrected chi connectivity index (χ3v) is 2.86. The van der Waals surface area contributed by atoms with Gasteiger partial charge in [-0.15, -0.1) is 0 Å². The monoisotopic (exact) mass is 246 g/mol. The lowest BCUT2D eigenvalue weighted by atomic mass is 10.3. The van der Waals surface area contributed by atoms with E-state index in [2.05, 4.69) is 5.32 Å². The molecule has 0 unspecified atom stereocenters. The van der Waals surface area contributed by atoms with Crippen LogP contribution in [0.4, 0.5) is 5.69 Å². The van der Waals surface area contributed by atoms with E-state index in [9.17, 15) is 8.42 Å². The second kappa shape index (κ2) is 5.26. The molecule has 5 N–H and O–H groups in total. The summed E-state index contributed by atoms with van der Waals surface area (Å²) in [6.07, 6.45) is -0.849. The van der Waals surface area contributed by atoms with E-state index in [0.717, 1.165) is 0 Å². The molecule has 1 aromatic carbocycles. The molecule has 0 radical (unpaired) electrons. The van der Waals surface area contributed by atoms with Gasteiger partial charge in [-0.05, 0) is 24.3 Å². The summed E-state index contributed by atoms with van der Waals surface area (Å²) in [5.41, 5.74) is 0.639. The zero-order chi connectivity index (χ0) is 12.2. The molecule has 0 fully saturated rings. The molecule has 0 spiro atoms. The molecule has 0 aliphatic heterocycles. The number of benzene rings is 1. The van der Waals surface area contributed by atoms with Gasteiger partial charge < -0.3 is 15.5 Å².